The first-order chi connectivity index (χ1) is 11.4. The largest absolute Gasteiger partial charge is 0.286 e. The van der Waals surface area contributed by atoms with Crippen LogP contribution in [0, 0.1) is 0 Å². The zero-order chi connectivity index (χ0) is 18.3. The van der Waals surface area contributed by atoms with Crippen LogP contribution in [0.5, 0.6) is 0 Å². The number of rotatable bonds is 10. The average molecular weight is 355 g/mol. The monoisotopic (exact) mass is 354 g/mol. The molecule has 0 spiro atoms. The highest BCUT2D eigenvalue weighted by Gasteiger charge is 2.00. The van der Waals surface area contributed by atoms with E-state index in [1.807, 2.05) is 6.92 Å². The van der Waals surface area contributed by atoms with Gasteiger partial charge in [0.1, 0.15) is 0 Å². The van der Waals surface area contributed by atoms with Gasteiger partial charge >= 0.3 is 0 Å². The van der Waals surface area contributed by atoms with Crippen LogP contribution in [0.1, 0.15) is 71.3 Å². The van der Waals surface area contributed by atoms with Crippen LogP contribution >= 0.6 is 0 Å². The highest BCUT2D eigenvalue weighted by Crippen LogP contribution is 2.15. The Hall–Kier alpha value is -1.13. The molecular formula is C20H34O3S. The number of allylic oxidation sites excluding steroid dienone is 2. The fourth-order valence-electron chi connectivity index (χ4n) is 2.43. The summed E-state index contributed by atoms with van der Waals surface area (Å²) in [6.07, 6.45) is 11.3. The summed E-state index contributed by atoms with van der Waals surface area (Å²) in [6.45, 7) is 6.36. The van der Waals surface area contributed by atoms with Crippen molar-refractivity contribution in [3.63, 3.8) is 0 Å². The van der Waals surface area contributed by atoms with E-state index in [0.29, 0.717) is 6.42 Å². The zero-order valence-electron chi connectivity index (χ0n) is 15.5. The third-order valence-corrected chi connectivity index (χ3v) is 4.43. The second-order valence-corrected chi connectivity index (χ2v) is 7.57. The van der Waals surface area contributed by atoms with Gasteiger partial charge in [0.15, 0.2) is 0 Å². The molecule has 0 heterocycles. The lowest BCUT2D eigenvalue weighted by atomic mass is 10.0. The number of hydrogen-bond donors (Lipinski definition) is 1. The van der Waals surface area contributed by atoms with Crippen LogP contribution in [0.3, 0.4) is 0 Å². The molecule has 0 aromatic heterocycles. The molecule has 0 bridgehead atoms. The Morgan fingerprint density at radius 1 is 1.00 bits per heavy atom. The van der Waals surface area contributed by atoms with Crippen molar-refractivity contribution in [2.24, 2.45) is 0 Å². The second kappa shape index (κ2) is 14.2. The van der Waals surface area contributed by atoms with Crippen molar-refractivity contribution in [3.05, 3.63) is 47.5 Å². The van der Waals surface area contributed by atoms with Gasteiger partial charge in [0.2, 0.25) is 0 Å². The topological polar surface area (TPSA) is 54.4 Å². The van der Waals surface area contributed by atoms with Crippen LogP contribution in [0.4, 0.5) is 0 Å². The van der Waals surface area contributed by atoms with Gasteiger partial charge in [-0.15, -0.1) is 0 Å². The van der Waals surface area contributed by atoms with E-state index < -0.39 is 10.1 Å². The quantitative estimate of drug-likeness (QED) is 0.425. The van der Waals surface area contributed by atoms with E-state index in [-0.39, 0.29) is 5.75 Å². The Bertz CT molecular complexity index is 533. The van der Waals surface area contributed by atoms with Gasteiger partial charge in [-0.1, -0.05) is 75.6 Å². The smallest absolute Gasteiger partial charge is 0.264 e. The molecule has 0 unspecified atom stereocenters. The summed E-state index contributed by atoms with van der Waals surface area (Å²) in [5.74, 6) is -0.108. The van der Waals surface area contributed by atoms with Crippen molar-refractivity contribution in [1.82, 2.24) is 0 Å². The molecular weight excluding hydrogens is 320 g/mol. The minimum absolute atomic E-state index is 0.108. The minimum atomic E-state index is -3.69. The Morgan fingerprint density at radius 2 is 1.67 bits per heavy atom. The fourth-order valence-corrected chi connectivity index (χ4v) is 3.08. The van der Waals surface area contributed by atoms with Gasteiger partial charge in [0, 0.05) is 0 Å². The van der Waals surface area contributed by atoms with Gasteiger partial charge in [-0.05, 0) is 44.1 Å². The standard InChI is InChI=1S/C16H24.C4H10O3S/c1-3-9-15(10-4-2)13-8-14-16-11-6-5-7-12-16;1-2-3-4-8(5,6)7/h5-7,9,11-12H,3-4,8,10,13-14H2,1-2H3;2-4H2,1H3,(H,5,6,7)/b15-9+;. The summed E-state index contributed by atoms with van der Waals surface area (Å²) in [6, 6.07) is 10.8. The maximum Gasteiger partial charge on any atom is 0.264 e. The van der Waals surface area contributed by atoms with Gasteiger partial charge in [-0.2, -0.15) is 8.42 Å². The highest BCUT2D eigenvalue weighted by atomic mass is 32.2. The van der Waals surface area contributed by atoms with Crippen molar-refractivity contribution in [2.45, 2.75) is 72.1 Å². The van der Waals surface area contributed by atoms with Crippen molar-refractivity contribution < 1.29 is 13.0 Å². The summed E-state index contributed by atoms with van der Waals surface area (Å²) < 4.78 is 28.0. The first kappa shape index (κ1) is 22.9. The molecule has 1 N–H and O–H groups in total. The molecule has 1 aromatic rings. The molecule has 0 atom stereocenters. The van der Waals surface area contributed by atoms with Gasteiger partial charge in [-0.25, -0.2) is 0 Å². The Labute approximate surface area is 148 Å². The summed E-state index contributed by atoms with van der Waals surface area (Å²) in [7, 11) is -3.69. The maximum atomic E-state index is 9.95. The molecule has 0 aliphatic carbocycles. The van der Waals surface area contributed by atoms with Gasteiger partial charge in [0.05, 0.1) is 5.75 Å². The van der Waals surface area contributed by atoms with Gasteiger partial charge < -0.3 is 0 Å². The second-order valence-electron chi connectivity index (χ2n) is 6.00. The summed E-state index contributed by atoms with van der Waals surface area (Å²) >= 11 is 0. The Morgan fingerprint density at radius 3 is 2.12 bits per heavy atom. The van der Waals surface area contributed by atoms with E-state index in [1.165, 1.54) is 44.1 Å². The van der Waals surface area contributed by atoms with E-state index in [0.717, 1.165) is 6.42 Å². The normalized spacial score (nSPS) is 11.8. The van der Waals surface area contributed by atoms with Gasteiger partial charge in [-0.3, -0.25) is 4.55 Å². The molecule has 0 fully saturated rings. The number of aryl methyl sites for hydroxylation is 1. The van der Waals surface area contributed by atoms with Crippen LogP contribution in [-0.4, -0.2) is 18.7 Å². The predicted octanol–water partition coefficient (Wildman–Crippen LogP) is 5.82. The third-order valence-electron chi connectivity index (χ3n) is 3.63. The summed E-state index contributed by atoms with van der Waals surface area (Å²) in [5, 5.41) is 0. The molecule has 24 heavy (non-hydrogen) atoms. The molecule has 0 saturated heterocycles. The molecule has 1 aromatic carbocycles. The van der Waals surface area contributed by atoms with Crippen LogP contribution in [-0.2, 0) is 16.5 Å². The SMILES string of the molecule is CC/C=C(\CCC)CCCc1ccccc1.CCCCS(=O)(=O)O. The molecule has 138 valence electrons. The van der Waals surface area contributed by atoms with E-state index >= 15 is 0 Å². The Kier molecular flexibility index (Phi) is 13.6. The van der Waals surface area contributed by atoms with Crippen LogP contribution < -0.4 is 0 Å². The first-order valence-electron chi connectivity index (χ1n) is 9.09. The van der Waals surface area contributed by atoms with Crippen LogP contribution in [0.15, 0.2) is 42.0 Å². The molecule has 0 aliphatic rings. The lowest BCUT2D eigenvalue weighted by Gasteiger charge is -2.06. The maximum absolute atomic E-state index is 9.95. The van der Waals surface area contributed by atoms with E-state index in [1.54, 1.807) is 5.57 Å². The van der Waals surface area contributed by atoms with Crippen molar-refractivity contribution in [1.29, 1.82) is 0 Å². The summed E-state index contributed by atoms with van der Waals surface area (Å²) in [5.41, 5.74) is 3.12. The Balaban J connectivity index is 0.000000561. The van der Waals surface area contributed by atoms with Crippen molar-refractivity contribution in [3.8, 4) is 0 Å². The molecule has 0 aliphatic heterocycles. The fraction of sp³-hybridized carbons (Fsp3) is 0.600. The van der Waals surface area contributed by atoms with Crippen LogP contribution in [0.25, 0.3) is 0 Å². The van der Waals surface area contributed by atoms with Crippen molar-refractivity contribution >= 4 is 10.1 Å². The van der Waals surface area contributed by atoms with Crippen molar-refractivity contribution in [2.75, 3.05) is 5.75 Å². The van der Waals surface area contributed by atoms with Crippen LogP contribution in [0.2, 0.25) is 0 Å². The first-order valence-corrected chi connectivity index (χ1v) is 10.7. The van der Waals surface area contributed by atoms with E-state index in [2.05, 4.69) is 50.3 Å². The number of benzene rings is 1. The molecule has 4 heteroatoms. The number of hydrogen-bond acceptors (Lipinski definition) is 2. The molecule has 1 rings (SSSR count). The third kappa shape index (κ3) is 14.5. The van der Waals surface area contributed by atoms with Gasteiger partial charge in [0.25, 0.3) is 10.1 Å². The lowest BCUT2D eigenvalue weighted by Crippen LogP contribution is -2.02. The molecule has 3 nitrogen and oxygen atoms in total. The van der Waals surface area contributed by atoms with E-state index in [9.17, 15) is 8.42 Å². The highest BCUT2D eigenvalue weighted by molar-refractivity contribution is 7.85. The molecule has 0 saturated carbocycles. The zero-order valence-corrected chi connectivity index (χ0v) is 16.3. The molecule has 0 radical (unpaired) electrons. The minimum Gasteiger partial charge on any atom is -0.286 e. The average Bonchev–Trinajstić information content (AvgIpc) is 2.54. The summed E-state index contributed by atoms with van der Waals surface area (Å²) in [4.78, 5) is 0. The van der Waals surface area contributed by atoms with E-state index in [4.69, 9.17) is 4.55 Å². The predicted molar refractivity (Wildman–Crippen MR) is 104 cm³/mol. The lowest BCUT2D eigenvalue weighted by molar-refractivity contribution is 0.480. The number of unbranched alkanes of at least 4 members (excludes halogenated alkanes) is 1. The molecule has 0 amide bonds.